The second-order valence-corrected chi connectivity index (χ2v) is 7.73. The first kappa shape index (κ1) is 25.2. The summed E-state index contributed by atoms with van der Waals surface area (Å²) in [5.74, 6) is -0.815. The molecule has 0 saturated carbocycles. The molecule has 0 spiro atoms. The van der Waals surface area contributed by atoms with E-state index in [2.05, 4.69) is 20.4 Å². The molecule has 0 atom stereocenters. The number of ether oxygens (including phenoxy) is 1. The van der Waals surface area contributed by atoms with Crippen molar-refractivity contribution in [3.63, 3.8) is 0 Å². The van der Waals surface area contributed by atoms with Crippen LogP contribution in [0.3, 0.4) is 0 Å². The predicted molar refractivity (Wildman–Crippen MR) is 130 cm³/mol. The van der Waals surface area contributed by atoms with Gasteiger partial charge in [0.25, 0.3) is 0 Å². The van der Waals surface area contributed by atoms with Gasteiger partial charge in [0.2, 0.25) is 0 Å². The standard InChI is InChI=1S/C25H19F3N4O5/c1-2-19-21(23(34)32(31-19)16-11-9-15(10-12-16)25(26,27)28)30-29-20-8-4-7-18(22(20)33)14-5-3-6-17(13-14)37-24(35)36/h3-13,29,33H,2H2,1H3,(H,35,36). The van der Waals surface area contributed by atoms with Gasteiger partial charge in [-0.3, -0.25) is 10.2 Å². The van der Waals surface area contributed by atoms with Crippen molar-refractivity contribution in [3.8, 4) is 22.6 Å². The van der Waals surface area contributed by atoms with Crippen LogP contribution in [-0.2, 0) is 11.0 Å². The smallest absolute Gasteiger partial charge is 0.505 e. The van der Waals surface area contributed by atoms with E-state index in [1.807, 2.05) is 0 Å². The van der Waals surface area contributed by atoms with Crippen molar-refractivity contribution in [1.82, 2.24) is 0 Å². The van der Waals surface area contributed by atoms with E-state index < -0.39 is 23.8 Å². The topological polar surface area (TPSA) is 124 Å². The summed E-state index contributed by atoms with van der Waals surface area (Å²) in [4.78, 5) is 23.8. The number of anilines is 2. The third-order valence-corrected chi connectivity index (χ3v) is 5.34. The van der Waals surface area contributed by atoms with E-state index in [1.54, 1.807) is 31.2 Å². The lowest BCUT2D eigenvalue weighted by atomic mass is 10.0. The van der Waals surface area contributed by atoms with Gasteiger partial charge in [0.1, 0.15) is 11.5 Å². The van der Waals surface area contributed by atoms with Gasteiger partial charge in [-0.2, -0.15) is 28.4 Å². The van der Waals surface area contributed by atoms with Crippen LogP contribution < -0.4 is 15.2 Å². The molecule has 0 radical (unpaired) electrons. The summed E-state index contributed by atoms with van der Waals surface area (Å²) in [6, 6.07) is 14.8. The normalized spacial score (nSPS) is 14.6. The quantitative estimate of drug-likeness (QED) is 0.168. The van der Waals surface area contributed by atoms with Crippen molar-refractivity contribution in [1.29, 1.82) is 0 Å². The Labute approximate surface area is 208 Å². The molecule has 0 bridgehead atoms. The van der Waals surface area contributed by atoms with Crippen LogP contribution in [0.2, 0.25) is 0 Å². The molecule has 1 aliphatic heterocycles. The lowest BCUT2D eigenvalue weighted by Crippen LogP contribution is -2.28. The largest absolute Gasteiger partial charge is 0.511 e. The van der Waals surface area contributed by atoms with Gasteiger partial charge in [-0.25, -0.2) is 4.79 Å². The number of benzene rings is 3. The molecule has 3 N–H and O–H groups in total. The number of phenols is 1. The monoisotopic (exact) mass is 512 g/mol. The van der Waals surface area contributed by atoms with Gasteiger partial charge in [-0.1, -0.05) is 31.2 Å². The molecule has 12 heteroatoms. The van der Waals surface area contributed by atoms with E-state index in [1.165, 1.54) is 18.2 Å². The molecule has 190 valence electrons. The summed E-state index contributed by atoms with van der Waals surface area (Å²) >= 11 is 0. The number of para-hydroxylation sites is 1. The number of alkyl halides is 3. The summed E-state index contributed by atoms with van der Waals surface area (Å²) in [6.07, 6.45) is -5.68. The molecule has 1 amide bonds. The van der Waals surface area contributed by atoms with E-state index in [4.69, 9.17) is 5.11 Å². The highest BCUT2D eigenvalue weighted by Crippen LogP contribution is 2.37. The third kappa shape index (κ3) is 5.37. The minimum absolute atomic E-state index is 0.0618. The Kier molecular flexibility index (Phi) is 6.83. The maximum absolute atomic E-state index is 13.0. The van der Waals surface area contributed by atoms with Crippen molar-refractivity contribution >= 4 is 34.9 Å². The fourth-order valence-electron chi connectivity index (χ4n) is 3.57. The molecule has 37 heavy (non-hydrogen) atoms. The van der Waals surface area contributed by atoms with E-state index in [9.17, 15) is 27.9 Å². The van der Waals surface area contributed by atoms with Crippen molar-refractivity contribution in [3.05, 3.63) is 72.3 Å². The predicted octanol–water partition coefficient (Wildman–Crippen LogP) is 5.72. The number of nitrogens with zero attached hydrogens (tertiary/aromatic N) is 3. The van der Waals surface area contributed by atoms with Gasteiger partial charge in [0.05, 0.1) is 22.6 Å². The number of hydrogen-bond donors (Lipinski definition) is 3. The number of carboxylic acid groups (broad SMARTS) is 1. The molecule has 0 aliphatic carbocycles. The molecule has 1 heterocycles. The number of amides is 1. The van der Waals surface area contributed by atoms with Crippen molar-refractivity contribution in [2.24, 2.45) is 10.2 Å². The zero-order chi connectivity index (χ0) is 26.7. The van der Waals surface area contributed by atoms with Crippen LogP contribution in [0.4, 0.5) is 29.3 Å². The zero-order valence-electron chi connectivity index (χ0n) is 19.2. The summed E-state index contributed by atoms with van der Waals surface area (Å²) in [7, 11) is 0. The van der Waals surface area contributed by atoms with E-state index in [-0.39, 0.29) is 28.6 Å². The number of hydrazone groups is 2. The van der Waals surface area contributed by atoms with Crippen molar-refractivity contribution in [2.75, 3.05) is 10.4 Å². The molecule has 3 aromatic carbocycles. The van der Waals surface area contributed by atoms with Crippen LogP contribution in [0.15, 0.2) is 76.9 Å². The summed E-state index contributed by atoms with van der Waals surface area (Å²) < 4.78 is 43.3. The molecule has 0 fully saturated rings. The average molecular weight is 512 g/mol. The Balaban J connectivity index is 1.59. The molecular formula is C25H19F3N4O5. The Morgan fingerprint density at radius 2 is 1.81 bits per heavy atom. The summed E-state index contributed by atoms with van der Waals surface area (Å²) in [5, 5.41) is 28.9. The Hall–Kier alpha value is -4.87. The number of aromatic hydroxyl groups is 1. The van der Waals surface area contributed by atoms with Crippen LogP contribution in [0.25, 0.3) is 11.1 Å². The lowest BCUT2D eigenvalue weighted by molar-refractivity contribution is -0.137. The Bertz CT molecular complexity index is 1420. The third-order valence-electron chi connectivity index (χ3n) is 5.34. The van der Waals surface area contributed by atoms with Gasteiger partial charge < -0.3 is 14.9 Å². The highest BCUT2D eigenvalue weighted by molar-refractivity contribution is 6.71. The Morgan fingerprint density at radius 3 is 2.46 bits per heavy atom. The van der Waals surface area contributed by atoms with Gasteiger partial charge in [0.15, 0.2) is 5.71 Å². The number of halogens is 3. The van der Waals surface area contributed by atoms with Crippen LogP contribution >= 0.6 is 0 Å². The molecule has 0 saturated heterocycles. The number of nitrogens with one attached hydrogen (secondary N) is 1. The molecule has 4 rings (SSSR count). The van der Waals surface area contributed by atoms with E-state index in [0.717, 1.165) is 29.3 Å². The van der Waals surface area contributed by atoms with Gasteiger partial charge in [-0.05, 0) is 54.4 Å². The lowest BCUT2D eigenvalue weighted by Gasteiger charge is -2.13. The van der Waals surface area contributed by atoms with Crippen LogP contribution in [0.1, 0.15) is 18.9 Å². The number of hydrogen-bond acceptors (Lipinski definition) is 7. The van der Waals surface area contributed by atoms with Crippen molar-refractivity contribution < 1.29 is 37.7 Å². The fourth-order valence-corrected chi connectivity index (χ4v) is 3.57. The molecule has 1 aliphatic rings. The van der Waals surface area contributed by atoms with Crippen LogP contribution in [-0.4, -0.2) is 33.7 Å². The first-order valence-corrected chi connectivity index (χ1v) is 10.8. The molecule has 3 aromatic rings. The maximum Gasteiger partial charge on any atom is 0.511 e. The molecule has 9 nitrogen and oxygen atoms in total. The minimum atomic E-state index is -4.51. The van der Waals surface area contributed by atoms with Gasteiger partial charge >= 0.3 is 18.2 Å². The van der Waals surface area contributed by atoms with E-state index in [0.29, 0.717) is 23.3 Å². The van der Waals surface area contributed by atoms with Gasteiger partial charge in [0, 0.05) is 5.56 Å². The van der Waals surface area contributed by atoms with Crippen LogP contribution in [0, 0.1) is 0 Å². The number of carbonyl (C=O) groups is 2. The zero-order valence-corrected chi connectivity index (χ0v) is 19.2. The maximum atomic E-state index is 13.0. The number of rotatable bonds is 6. The summed E-state index contributed by atoms with van der Waals surface area (Å²) in [5.41, 5.74) is 3.12. The first-order chi connectivity index (χ1) is 17.6. The second kappa shape index (κ2) is 10.0. The molecule has 0 aromatic heterocycles. The Morgan fingerprint density at radius 1 is 1.11 bits per heavy atom. The summed E-state index contributed by atoms with van der Waals surface area (Å²) in [6.45, 7) is 1.74. The minimum Gasteiger partial charge on any atom is -0.505 e. The molecular weight excluding hydrogens is 493 g/mol. The van der Waals surface area contributed by atoms with E-state index >= 15 is 0 Å². The van der Waals surface area contributed by atoms with Crippen molar-refractivity contribution in [2.45, 2.75) is 19.5 Å². The molecule has 0 unspecified atom stereocenters. The van der Waals surface area contributed by atoms with Gasteiger partial charge in [-0.15, -0.1) is 0 Å². The highest BCUT2D eigenvalue weighted by Gasteiger charge is 2.34. The highest BCUT2D eigenvalue weighted by atomic mass is 19.4. The van der Waals surface area contributed by atoms with Crippen LogP contribution in [0.5, 0.6) is 11.5 Å². The number of carbonyl (C=O) groups excluding carboxylic acids is 1. The SMILES string of the molecule is CCC1=NN(c2ccc(C(F)(F)F)cc2)C(=O)C1=NNc1cccc(-c2cccc(OC(=O)O)c2)c1O. The average Bonchev–Trinajstić information content (AvgIpc) is 3.18. The second-order valence-electron chi connectivity index (χ2n) is 7.73. The fraction of sp³-hybridized carbons (Fsp3) is 0.120. The first-order valence-electron chi connectivity index (χ1n) is 10.8. The number of phenolic OH excluding ortho intramolecular Hbond substituents is 1.